The third kappa shape index (κ3) is 5.31. The lowest BCUT2D eigenvalue weighted by molar-refractivity contribution is -0.150. The van der Waals surface area contributed by atoms with Crippen molar-refractivity contribution in [2.75, 3.05) is 11.1 Å². The SMILES string of the molecule is C[C@@H](OC(=O)CSCc1cccs1)C(=O)Nc1c(F)cccc1F. The van der Waals surface area contributed by atoms with Crippen LogP contribution in [-0.4, -0.2) is 23.7 Å². The first-order valence-electron chi connectivity index (χ1n) is 7.02. The summed E-state index contributed by atoms with van der Waals surface area (Å²) in [5, 5.41) is 4.04. The number of anilines is 1. The monoisotopic (exact) mass is 371 g/mol. The number of benzene rings is 1. The number of esters is 1. The molecule has 0 unspecified atom stereocenters. The van der Waals surface area contributed by atoms with Gasteiger partial charge in [0.25, 0.3) is 5.91 Å². The molecule has 0 bridgehead atoms. The number of thiophene rings is 1. The quantitative estimate of drug-likeness (QED) is 0.752. The van der Waals surface area contributed by atoms with Crippen LogP contribution in [0.1, 0.15) is 11.8 Å². The molecule has 1 amide bonds. The molecule has 2 rings (SSSR count). The van der Waals surface area contributed by atoms with E-state index in [0.29, 0.717) is 5.75 Å². The summed E-state index contributed by atoms with van der Waals surface area (Å²) in [7, 11) is 0. The van der Waals surface area contributed by atoms with Crippen LogP contribution in [0.15, 0.2) is 35.7 Å². The lowest BCUT2D eigenvalue weighted by atomic mass is 10.2. The number of para-hydroxylation sites is 1. The van der Waals surface area contributed by atoms with Gasteiger partial charge in [-0.05, 0) is 30.5 Å². The van der Waals surface area contributed by atoms with E-state index >= 15 is 0 Å². The van der Waals surface area contributed by atoms with E-state index in [4.69, 9.17) is 4.74 Å². The lowest BCUT2D eigenvalue weighted by Crippen LogP contribution is -2.31. The van der Waals surface area contributed by atoms with Gasteiger partial charge in [-0.25, -0.2) is 8.78 Å². The number of carbonyl (C=O) groups is 2. The van der Waals surface area contributed by atoms with Crippen molar-refractivity contribution in [2.45, 2.75) is 18.8 Å². The molecule has 0 spiro atoms. The second kappa shape index (κ2) is 8.79. The summed E-state index contributed by atoms with van der Waals surface area (Å²) < 4.78 is 31.9. The lowest BCUT2D eigenvalue weighted by Gasteiger charge is -2.14. The van der Waals surface area contributed by atoms with Crippen LogP contribution in [0.4, 0.5) is 14.5 Å². The van der Waals surface area contributed by atoms with Crippen molar-refractivity contribution < 1.29 is 23.1 Å². The van der Waals surface area contributed by atoms with E-state index in [2.05, 4.69) is 5.32 Å². The molecule has 128 valence electrons. The van der Waals surface area contributed by atoms with Crippen molar-refractivity contribution in [2.24, 2.45) is 0 Å². The van der Waals surface area contributed by atoms with Gasteiger partial charge in [-0.2, -0.15) is 0 Å². The third-order valence-electron chi connectivity index (χ3n) is 2.93. The molecule has 2 aromatic rings. The van der Waals surface area contributed by atoms with Crippen LogP contribution in [0, 0.1) is 11.6 Å². The fourth-order valence-corrected chi connectivity index (χ4v) is 3.40. The predicted molar refractivity (Wildman–Crippen MR) is 91.0 cm³/mol. The molecule has 4 nitrogen and oxygen atoms in total. The normalized spacial score (nSPS) is 11.8. The van der Waals surface area contributed by atoms with Crippen molar-refractivity contribution >= 4 is 40.7 Å². The number of ether oxygens (including phenoxy) is 1. The number of rotatable bonds is 7. The highest BCUT2D eigenvalue weighted by molar-refractivity contribution is 7.99. The molecule has 0 aliphatic rings. The molecule has 0 saturated carbocycles. The first-order valence-corrected chi connectivity index (χ1v) is 9.05. The highest BCUT2D eigenvalue weighted by atomic mass is 32.2. The van der Waals surface area contributed by atoms with Crippen LogP contribution in [0.25, 0.3) is 0 Å². The Labute approximate surface area is 146 Å². The molecule has 1 aromatic carbocycles. The first-order chi connectivity index (χ1) is 11.5. The van der Waals surface area contributed by atoms with Crippen molar-refractivity contribution in [3.8, 4) is 0 Å². The minimum Gasteiger partial charge on any atom is -0.452 e. The third-order valence-corrected chi connectivity index (χ3v) is 4.95. The Kier molecular flexibility index (Phi) is 6.74. The number of hydrogen-bond acceptors (Lipinski definition) is 5. The van der Waals surface area contributed by atoms with Crippen LogP contribution in [0.3, 0.4) is 0 Å². The molecule has 24 heavy (non-hydrogen) atoms. The number of hydrogen-bond donors (Lipinski definition) is 1. The molecule has 0 aliphatic heterocycles. The van der Waals surface area contributed by atoms with E-state index in [9.17, 15) is 18.4 Å². The van der Waals surface area contributed by atoms with Gasteiger partial charge in [-0.1, -0.05) is 12.1 Å². The molecule has 1 aromatic heterocycles. The van der Waals surface area contributed by atoms with Gasteiger partial charge in [0.05, 0.1) is 5.75 Å². The first kappa shape index (κ1) is 18.4. The topological polar surface area (TPSA) is 55.4 Å². The van der Waals surface area contributed by atoms with Gasteiger partial charge in [-0.15, -0.1) is 23.1 Å². The maximum absolute atomic E-state index is 13.5. The minimum atomic E-state index is -1.15. The largest absolute Gasteiger partial charge is 0.452 e. The summed E-state index contributed by atoms with van der Waals surface area (Å²) >= 11 is 2.96. The fraction of sp³-hybridized carbons (Fsp3) is 0.250. The van der Waals surface area contributed by atoms with Crippen LogP contribution >= 0.6 is 23.1 Å². The summed E-state index contributed by atoms with van der Waals surface area (Å²) in [6, 6.07) is 7.12. The Bertz CT molecular complexity index is 687. The number of nitrogens with one attached hydrogen (secondary N) is 1. The molecule has 0 radical (unpaired) electrons. The van der Waals surface area contributed by atoms with Crippen molar-refractivity contribution in [3.05, 3.63) is 52.2 Å². The van der Waals surface area contributed by atoms with E-state index in [1.54, 1.807) is 11.3 Å². The molecular weight excluding hydrogens is 356 g/mol. The van der Waals surface area contributed by atoms with Crippen molar-refractivity contribution in [1.29, 1.82) is 0 Å². The van der Waals surface area contributed by atoms with E-state index in [-0.39, 0.29) is 5.75 Å². The van der Waals surface area contributed by atoms with Gasteiger partial charge < -0.3 is 10.1 Å². The standard InChI is InChI=1S/C16H15F2NO3S2/c1-10(16(21)19-15-12(17)5-2-6-13(15)18)22-14(20)9-23-8-11-4-3-7-24-11/h2-7,10H,8-9H2,1H3,(H,19,21)/t10-/m1/s1. The highest BCUT2D eigenvalue weighted by Crippen LogP contribution is 2.19. The summed E-state index contributed by atoms with van der Waals surface area (Å²) in [6.45, 7) is 1.34. The van der Waals surface area contributed by atoms with Gasteiger partial charge in [0.2, 0.25) is 0 Å². The highest BCUT2D eigenvalue weighted by Gasteiger charge is 2.20. The molecule has 0 saturated heterocycles. The molecule has 1 atom stereocenters. The minimum absolute atomic E-state index is 0.0869. The summed E-state index contributed by atoms with van der Waals surface area (Å²) in [6.07, 6.45) is -1.15. The molecule has 0 fully saturated rings. The second-order valence-corrected chi connectivity index (χ2v) is 6.81. The maximum Gasteiger partial charge on any atom is 0.316 e. The average Bonchev–Trinajstić information content (AvgIpc) is 3.04. The Morgan fingerprint density at radius 1 is 1.25 bits per heavy atom. The molecule has 1 heterocycles. The second-order valence-electron chi connectivity index (χ2n) is 4.79. The zero-order chi connectivity index (χ0) is 17.5. The van der Waals surface area contributed by atoms with Gasteiger partial charge >= 0.3 is 5.97 Å². The molecule has 8 heteroatoms. The number of carbonyl (C=O) groups excluding carboxylic acids is 2. The summed E-state index contributed by atoms with van der Waals surface area (Å²) in [5.41, 5.74) is -0.558. The van der Waals surface area contributed by atoms with E-state index < -0.39 is 35.3 Å². The average molecular weight is 371 g/mol. The molecule has 1 N–H and O–H groups in total. The van der Waals surface area contributed by atoms with Crippen molar-refractivity contribution in [1.82, 2.24) is 0 Å². The Morgan fingerprint density at radius 2 is 1.96 bits per heavy atom. The van der Waals surface area contributed by atoms with Crippen LogP contribution in [-0.2, 0) is 20.1 Å². The zero-order valence-corrected chi connectivity index (χ0v) is 14.4. The van der Waals surface area contributed by atoms with Crippen LogP contribution in [0.2, 0.25) is 0 Å². The van der Waals surface area contributed by atoms with E-state index in [1.807, 2.05) is 17.5 Å². The molecule has 0 aliphatic carbocycles. The van der Waals surface area contributed by atoms with Crippen LogP contribution in [0.5, 0.6) is 0 Å². The Hall–Kier alpha value is -1.93. The fourth-order valence-electron chi connectivity index (χ4n) is 1.76. The van der Waals surface area contributed by atoms with Crippen LogP contribution < -0.4 is 5.32 Å². The number of amides is 1. The van der Waals surface area contributed by atoms with Crippen molar-refractivity contribution in [3.63, 3.8) is 0 Å². The summed E-state index contributed by atoms with van der Waals surface area (Å²) in [5.74, 6) is -2.39. The van der Waals surface area contributed by atoms with Gasteiger partial charge in [0, 0.05) is 10.6 Å². The molecular formula is C16H15F2NO3S2. The smallest absolute Gasteiger partial charge is 0.316 e. The van der Waals surface area contributed by atoms with E-state index in [0.717, 1.165) is 17.0 Å². The van der Waals surface area contributed by atoms with Gasteiger partial charge in [0.1, 0.15) is 17.3 Å². The number of thioether (sulfide) groups is 1. The maximum atomic E-state index is 13.5. The zero-order valence-electron chi connectivity index (χ0n) is 12.8. The Morgan fingerprint density at radius 3 is 2.58 bits per heavy atom. The van der Waals surface area contributed by atoms with Gasteiger partial charge in [-0.3, -0.25) is 9.59 Å². The summed E-state index contributed by atoms with van der Waals surface area (Å²) in [4.78, 5) is 24.7. The number of halogens is 2. The van der Waals surface area contributed by atoms with Gasteiger partial charge in [0.15, 0.2) is 6.10 Å². The predicted octanol–water partition coefficient (Wildman–Crippen LogP) is 3.83. The Balaban J connectivity index is 1.79. The van der Waals surface area contributed by atoms with E-state index in [1.165, 1.54) is 24.8 Å².